The maximum atomic E-state index is 13.6. The SMILES string of the molecule is CC(C)(CO)C(=O)SCCOP(=O)(NCc1ccccc1)O/C=C1/O[C@@H](n2ccc(N)nc2=O)[C@](C)(Cl)[C@@H]1O. The third-order valence-electron chi connectivity index (χ3n) is 5.79. The molecule has 1 aliphatic heterocycles. The Morgan fingerprint density at radius 2 is 2.08 bits per heavy atom. The molecule has 1 fully saturated rings. The van der Waals surface area contributed by atoms with Crippen molar-refractivity contribution in [2.75, 3.05) is 24.7 Å². The summed E-state index contributed by atoms with van der Waals surface area (Å²) in [6.45, 7) is 4.37. The van der Waals surface area contributed by atoms with Gasteiger partial charge in [-0.1, -0.05) is 42.1 Å². The maximum absolute atomic E-state index is 13.6. The number of hydrogen-bond donors (Lipinski definition) is 4. The molecule has 0 amide bonds. The van der Waals surface area contributed by atoms with Gasteiger partial charge in [0.1, 0.15) is 23.1 Å². The number of halogens is 1. The van der Waals surface area contributed by atoms with Crippen LogP contribution in [0.1, 0.15) is 32.6 Å². The summed E-state index contributed by atoms with van der Waals surface area (Å²) >= 11 is 7.47. The number of nitrogen functional groups attached to an aromatic ring is 1. The minimum atomic E-state index is -4.05. The van der Waals surface area contributed by atoms with Crippen molar-refractivity contribution in [1.82, 2.24) is 14.6 Å². The molecule has 2 aromatic rings. The zero-order valence-corrected chi connectivity index (χ0v) is 24.1. The van der Waals surface area contributed by atoms with Gasteiger partial charge in [-0.3, -0.25) is 13.9 Å². The van der Waals surface area contributed by atoms with Crippen LogP contribution in [0.4, 0.5) is 5.82 Å². The van der Waals surface area contributed by atoms with Crippen molar-refractivity contribution >= 4 is 42.0 Å². The smallest absolute Gasteiger partial charge is 0.458 e. The number of thioether (sulfide) groups is 1. The van der Waals surface area contributed by atoms with E-state index in [1.165, 1.54) is 19.2 Å². The van der Waals surface area contributed by atoms with Gasteiger partial charge in [-0.2, -0.15) is 4.98 Å². The number of carbonyl (C=O) groups excluding carboxylic acids is 1. The first-order chi connectivity index (χ1) is 18.3. The largest absolute Gasteiger partial charge is 0.466 e. The van der Waals surface area contributed by atoms with E-state index in [1.807, 2.05) is 30.3 Å². The van der Waals surface area contributed by atoms with Crippen molar-refractivity contribution in [1.29, 1.82) is 0 Å². The predicted molar refractivity (Wildman–Crippen MR) is 148 cm³/mol. The van der Waals surface area contributed by atoms with Crippen LogP contribution in [0.15, 0.2) is 59.4 Å². The quantitative estimate of drug-likeness (QED) is 0.121. The Kier molecular flexibility index (Phi) is 10.3. The van der Waals surface area contributed by atoms with Crippen LogP contribution in [0.25, 0.3) is 0 Å². The summed E-state index contributed by atoms with van der Waals surface area (Å²) in [4.78, 5) is 26.7. The molecule has 1 saturated heterocycles. The lowest BCUT2D eigenvalue weighted by molar-refractivity contribution is -0.119. The third-order valence-corrected chi connectivity index (χ3v) is 8.82. The number of benzene rings is 1. The molecule has 214 valence electrons. The van der Waals surface area contributed by atoms with Gasteiger partial charge in [0.2, 0.25) is 6.23 Å². The number of aliphatic hydroxyl groups excluding tert-OH is 2. The van der Waals surface area contributed by atoms with Gasteiger partial charge in [-0.15, -0.1) is 11.6 Å². The van der Waals surface area contributed by atoms with Crippen LogP contribution < -0.4 is 16.5 Å². The van der Waals surface area contributed by atoms with E-state index in [9.17, 15) is 24.4 Å². The number of ether oxygens (including phenoxy) is 1. The molecule has 1 unspecified atom stereocenters. The molecule has 4 atom stereocenters. The predicted octanol–water partition coefficient (Wildman–Crippen LogP) is 2.76. The van der Waals surface area contributed by atoms with Crippen LogP contribution >= 0.6 is 31.1 Å². The minimum Gasteiger partial charge on any atom is -0.466 e. The summed E-state index contributed by atoms with van der Waals surface area (Å²) in [6.07, 6.45) is -0.379. The van der Waals surface area contributed by atoms with E-state index >= 15 is 0 Å². The molecule has 2 heterocycles. The van der Waals surface area contributed by atoms with Gasteiger partial charge in [0.05, 0.1) is 18.6 Å². The van der Waals surface area contributed by atoms with Gasteiger partial charge in [-0.25, -0.2) is 14.4 Å². The van der Waals surface area contributed by atoms with Crippen molar-refractivity contribution in [2.24, 2.45) is 5.41 Å². The molecule has 1 aromatic carbocycles. The first-order valence-electron chi connectivity index (χ1n) is 11.9. The molecular formula is C24H32ClN4O8PS. The molecule has 39 heavy (non-hydrogen) atoms. The zero-order chi connectivity index (χ0) is 28.8. The molecule has 0 spiro atoms. The molecule has 1 aromatic heterocycles. The minimum absolute atomic E-state index is 0.00698. The Hall–Kier alpha value is -2.38. The summed E-state index contributed by atoms with van der Waals surface area (Å²) in [5.41, 5.74) is 4.68. The summed E-state index contributed by atoms with van der Waals surface area (Å²) in [6, 6.07) is 10.5. The number of hydrogen-bond acceptors (Lipinski definition) is 11. The van der Waals surface area contributed by atoms with Crippen molar-refractivity contribution in [3.8, 4) is 0 Å². The van der Waals surface area contributed by atoms with Gasteiger partial charge in [-0.05, 0) is 32.4 Å². The second-order valence-corrected chi connectivity index (χ2v) is 13.2. The normalized spacial score (nSPS) is 23.8. The number of carbonyl (C=O) groups is 1. The van der Waals surface area contributed by atoms with E-state index in [0.717, 1.165) is 28.2 Å². The Labute approximate surface area is 235 Å². The van der Waals surface area contributed by atoms with Gasteiger partial charge in [0, 0.05) is 18.5 Å². The Morgan fingerprint density at radius 1 is 1.38 bits per heavy atom. The van der Waals surface area contributed by atoms with E-state index in [-0.39, 0.29) is 42.2 Å². The zero-order valence-electron chi connectivity index (χ0n) is 21.7. The number of alkyl halides is 1. The molecule has 3 rings (SSSR count). The topological polar surface area (TPSA) is 175 Å². The fraction of sp³-hybridized carbons (Fsp3) is 0.458. The van der Waals surface area contributed by atoms with E-state index in [4.69, 9.17) is 31.1 Å². The van der Waals surface area contributed by atoms with Gasteiger partial charge >= 0.3 is 13.4 Å². The standard InChI is InChI=1S/C24H32ClN4O8PS/c1-23(2,15-30)21(32)39-12-11-35-38(34,27-13-16-7-5-4-6-8-16)36-14-17-19(31)24(3,25)20(37-17)29-10-9-18(26)28-22(29)33/h4-10,14,19-20,30-31H,11-13,15H2,1-3H3,(H,27,34)(H2,26,28,33)/b17-14+/t19-,20-,24-,38?/m1/s1. The molecule has 0 bridgehead atoms. The van der Waals surface area contributed by atoms with Gasteiger partial charge < -0.3 is 25.2 Å². The van der Waals surface area contributed by atoms with Gasteiger partial charge in [0.15, 0.2) is 10.9 Å². The Balaban J connectivity index is 1.75. The molecule has 1 aliphatic rings. The van der Waals surface area contributed by atoms with Crippen LogP contribution in [-0.4, -0.2) is 54.8 Å². The molecule has 0 aliphatic carbocycles. The number of aromatic nitrogens is 2. The highest BCUT2D eigenvalue weighted by atomic mass is 35.5. The number of aliphatic hydroxyl groups is 2. The number of nitrogens with zero attached hydrogens (tertiary/aromatic N) is 2. The second-order valence-electron chi connectivity index (χ2n) is 9.52. The molecule has 12 nitrogen and oxygen atoms in total. The third kappa shape index (κ3) is 7.85. The summed E-state index contributed by atoms with van der Waals surface area (Å²) in [5, 5.41) is 22.7. The number of rotatable bonds is 12. The van der Waals surface area contributed by atoms with Crippen LogP contribution in [0.5, 0.6) is 0 Å². The number of anilines is 1. The van der Waals surface area contributed by atoms with Crippen molar-refractivity contribution < 1.29 is 33.4 Å². The average Bonchev–Trinajstić information content (AvgIpc) is 3.13. The lowest BCUT2D eigenvalue weighted by Crippen LogP contribution is -2.40. The van der Waals surface area contributed by atoms with E-state index in [1.54, 1.807) is 13.8 Å². The van der Waals surface area contributed by atoms with Crippen LogP contribution in [0.3, 0.4) is 0 Å². The number of nitrogens with one attached hydrogen (secondary N) is 1. The van der Waals surface area contributed by atoms with E-state index in [2.05, 4.69) is 10.1 Å². The summed E-state index contributed by atoms with van der Waals surface area (Å²) in [5.74, 6) is -0.0407. The van der Waals surface area contributed by atoms with Crippen molar-refractivity contribution in [3.63, 3.8) is 0 Å². The van der Waals surface area contributed by atoms with Crippen LogP contribution in [0, 0.1) is 5.41 Å². The van der Waals surface area contributed by atoms with Crippen molar-refractivity contribution in [2.45, 2.75) is 44.5 Å². The lowest BCUT2D eigenvalue weighted by Gasteiger charge is -2.25. The highest BCUT2D eigenvalue weighted by Crippen LogP contribution is 2.48. The van der Waals surface area contributed by atoms with E-state index < -0.39 is 36.1 Å². The van der Waals surface area contributed by atoms with Crippen molar-refractivity contribution in [3.05, 3.63) is 70.7 Å². The first kappa shape index (κ1) is 31.2. The molecule has 15 heteroatoms. The monoisotopic (exact) mass is 602 g/mol. The highest BCUT2D eigenvalue weighted by Gasteiger charge is 2.52. The van der Waals surface area contributed by atoms with Crippen LogP contribution in [0.2, 0.25) is 0 Å². The molecular weight excluding hydrogens is 571 g/mol. The first-order valence-corrected chi connectivity index (χ1v) is 14.8. The second kappa shape index (κ2) is 12.9. The Bertz CT molecular complexity index is 1290. The average molecular weight is 603 g/mol. The fourth-order valence-electron chi connectivity index (χ4n) is 3.32. The fourth-order valence-corrected chi connectivity index (χ4v) is 5.68. The molecule has 0 saturated carbocycles. The van der Waals surface area contributed by atoms with Crippen LogP contribution in [-0.2, 0) is 29.7 Å². The maximum Gasteiger partial charge on any atom is 0.458 e. The summed E-state index contributed by atoms with van der Waals surface area (Å²) < 4.78 is 31.4. The summed E-state index contributed by atoms with van der Waals surface area (Å²) in [7, 11) is -4.05. The highest BCUT2D eigenvalue weighted by molar-refractivity contribution is 8.13. The lowest BCUT2D eigenvalue weighted by atomic mass is 9.97. The molecule has 5 N–H and O–H groups in total. The van der Waals surface area contributed by atoms with Gasteiger partial charge in [0.25, 0.3) is 0 Å². The Morgan fingerprint density at radius 3 is 2.72 bits per heavy atom. The molecule has 0 radical (unpaired) electrons. The number of nitrogens with two attached hydrogens (primary N) is 1. The van der Waals surface area contributed by atoms with E-state index in [0.29, 0.717) is 0 Å².